The molecule has 2 aromatic heterocycles. The van der Waals surface area contributed by atoms with E-state index in [2.05, 4.69) is 28.1 Å². The topological polar surface area (TPSA) is 273 Å². The molecule has 6 atom stereocenters. The van der Waals surface area contributed by atoms with Crippen LogP contribution in [0.4, 0.5) is 0 Å². The summed E-state index contributed by atoms with van der Waals surface area (Å²) in [5.74, 6) is 0. The number of ether oxygens (including phenoxy) is 1. The second-order valence-electron chi connectivity index (χ2n) is 5.99. The van der Waals surface area contributed by atoms with Crippen molar-refractivity contribution < 1.29 is 61.4 Å². The zero-order valence-corrected chi connectivity index (χ0v) is 17.5. The number of nitrogens with zero attached hydrogens (tertiary/aromatic N) is 3. The van der Waals surface area contributed by atoms with E-state index in [9.17, 15) is 33.6 Å². The maximum Gasteiger partial charge on any atom is 0.490 e. The number of aromatic nitrogens is 4. The summed E-state index contributed by atoms with van der Waals surface area (Å²) < 4.78 is 51.6. The fourth-order valence-electron chi connectivity index (χ4n) is 2.62. The van der Waals surface area contributed by atoms with Crippen molar-refractivity contribution in [3.05, 3.63) is 23.0 Å². The normalized spacial score (nSPS) is 28.5. The van der Waals surface area contributed by atoms with E-state index in [1.165, 1.54) is 0 Å². The Labute approximate surface area is 170 Å². The molecule has 3 rings (SSSR count). The van der Waals surface area contributed by atoms with Gasteiger partial charge in [0.05, 0.1) is 19.3 Å². The van der Waals surface area contributed by atoms with Crippen molar-refractivity contribution in [1.82, 2.24) is 19.5 Å². The van der Waals surface area contributed by atoms with Crippen molar-refractivity contribution in [2.75, 3.05) is 6.61 Å². The number of phosphoric acid groups is 3. The van der Waals surface area contributed by atoms with Crippen molar-refractivity contribution in [3.63, 3.8) is 0 Å². The third kappa shape index (κ3) is 5.71. The van der Waals surface area contributed by atoms with Crippen LogP contribution in [0.3, 0.4) is 0 Å². The molecule has 1 aliphatic rings. The maximum absolute atomic E-state index is 11.8. The summed E-state index contributed by atoms with van der Waals surface area (Å²) in [6.07, 6.45) is -4.05. The van der Waals surface area contributed by atoms with E-state index < -0.39 is 60.2 Å². The van der Waals surface area contributed by atoms with E-state index in [-0.39, 0.29) is 11.2 Å². The average Bonchev–Trinajstić information content (AvgIpc) is 3.13. The number of H-pyrrole nitrogens is 1. The fraction of sp³-hybridized carbons (Fsp3) is 0.500. The molecule has 31 heavy (non-hydrogen) atoms. The monoisotopic (exact) mass is 508 g/mol. The van der Waals surface area contributed by atoms with Gasteiger partial charge in [0, 0.05) is 0 Å². The van der Waals surface area contributed by atoms with Gasteiger partial charge in [-0.15, -0.1) is 0 Å². The minimum atomic E-state index is -5.72. The Kier molecular flexibility index (Phi) is 6.68. The molecule has 0 aromatic carbocycles. The highest BCUT2D eigenvalue weighted by Gasteiger charge is 2.47. The van der Waals surface area contributed by atoms with Gasteiger partial charge in [-0.2, -0.15) is 8.62 Å². The Morgan fingerprint density at radius 1 is 1.06 bits per heavy atom. The first-order valence-electron chi connectivity index (χ1n) is 7.89. The van der Waals surface area contributed by atoms with E-state index in [0.717, 1.165) is 17.2 Å². The second kappa shape index (κ2) is 8.53. The Hall–Kier alpha value is -1.36. The highest BCUT2D eigenvalue weighted by atomic mass is 31.3. The van der Waals surface area contributed by atoms with Crippen molar-refractivity contribution in [1.29, 1.82) is 0 Å². The number of aliphatic hydroxyl groups excluding tert-OH is 2. The van der Waals surface area contributed by atoms with Crippen LogP contribution in [0.5, 0.6) is 0 Å². The van der Waals surface area contributed by atoms with Crippen LogP contribution in [0.15, 0.2) is 17.4 Å². The largest absolute Gasteiger partial charge is 0.490 e. The van der Waals surface area contributed by atoms with Gasteiger partial charge in [-0.05, 0) is 0 Å². The first kappa shape index (κ1) is 24.3. The predicted octanol–water partition coefficient (Wildman–Crippen LogP) is -1.92. The highest BCUT2D eigenvalue weighted by Crippen LogP contribution is 2.66. The van der Waals surface area contributed by atoms with Crippen LogP contribution in [0.1, 0.15) is 6.23 Å². The van der Waals surface area contributed by atoms with Crippen molar-refractivity contribution in [2.24, 2.45) is 0 Å². The molecule has 21 heteroatoms. The molecule has 18 nitrogen and oxygen atoms in total. The summed E-state index contributed by atoms with van der Waals surface area (Å²) in [7, 11) is -16.7. The van der Waals surface area contributed by atoms with Crippen LogP contribution >= 0.6 is 23.5 Å². The molecule has 0 radical (unpaired) electrons. The zero-order chi connectivity index (χ0) is 23.2. The summed E-state index contributed by atoms with van der Waals surface area (Å²) in [5.41, 5.74) is -0.681. The van der Waals surface area contributed by atoms with E-state index in [1.807, 2.05) is 0 Å². The molecule has 0 aliphatic carbocycles. The molecule has 1 fully saturated rings. The van der Waals surface area contributed by atoms with Gasteiger partial charge < -0.3 is 39.5 Å². The summed E-state index contributed by atoms with van der Waals surface area (Å²) in [5, 5.41) is 20.3. The molecule has 7 N–H and O–H groups in total. The molecule has 0 saturated carbocycles. The van der Waals surface area contributed by atoms with Crippen LogP contribution in [-0.4, -0.2) is 74.2 Å². The van der Waals surface area contributed by atoms with E-state index in [1.54, 1.807) is 0 Å². The van der Waals surface area contributed by atoms with Crippen LogP contribution in [0, 0.1) is 0 Å². The molecule has 174 valence electrons. The van der Waals surface area contributed by atoms with E-state index in [0.29, 0.717) is 0 Å². The lowest BCUT2D eigenvalue weighted by molar-refractivity contribution is -0.0503. The van der Waals surface area contributed by atoms with Gasteiger partial charge in [-0.3, -0.25) is 13.9 Å². The molecule has 3 unspecified atom stereocenters. The lowest BCUT2D eigenvalue weighted by Crippen LogP contribution is -2.33. The minimum Gasteiger partial charge on any atom is -0.387 e. The van der Waals surface area contributed by atoms with Crippen LogP contribution in [0.2, 0.25) is 0 Å². The first-order chi connectivity index (χ1) is 14.2. The third-order valence-corrected chi connectivity index (χ3v) is 7.60. The maximum atomic E-state index is 11.8. The molecular weight excluding hydrogens is 493 g/mol. The van der Waals surface area contributed by atoms with Crippen molar-refractivity contribution in [3.8, 4) is 0 Å². The van der Waals surface area contributed by atoms with Gasteiger partial charge in [0.2, 0.25) is 0 Å². The summed E-state index contributed by atoms with van der Waals surface area (Å²) >= 11 is 0. The predicted molar refractivity (Wildman–Crippen MR) is 93.9 cm³/mol. The number of aromatic amines is 1. The fourth-order valence-corrected chi connectivity index (χ4v) is 5.65. The molecule has 0 amide bonds. The number of imidazole rings is 1. The van der Waals surface area contributed by atoms with Gasteiger partial charge in [-0.1, -0.05) is 0 Å². The SMILES string of the molecule is O=c1[nH]cnc2c1ncn2[C@@H]1O[C@H](COP(=O)(O)OP(=O)(O)OP(=O)(O)O)C(O)[C@@H]1O. The van der Waals surface area contributed by atoms with Gasteiger partial charge >= 0.3 is 23.5 Å². The smallest absolute Gasteiger partial charge is 0.387 e. The third-order valence-electron chi connectivity index (χ3n) is 3.79. The van der Waals surface area contributed by atoms with Crippen molar-refractivity contribution in [2.45, 2.75) is 24.5 Å². The standard InChI is InChI=1S/C10H15N4O14P3/c15-6-4(1-25-30(21,22)28-31(23,24)27-29(18,19)20)26-10(7(6)16)14-3-13-5-8(14)11-2-12-9(5)17/h2-4,6-7,10,15-16H,1H2,(H,21,22)(H,23,24)(H,11,12,17)(H2,18,19,20)/t4-,6?,7+,10-/m1/s1. The summed E-state index contributed by atoms with van der Waals surface area (Å²) in [6, 6.07) is 0. The summed E-state index contributed by atoms with van der Waals surface area (Å²) in [4.78, 5) is 57.2. The molecule has 1 saturated heterocycles. The number of nitrogens with one attached hydrogen (secondary N) is 1. The number of rotatable bonds is 8. The summed E-state index contributed by atoms with van der Waals surface area (Å²) in [6.45, 7) is -0.987. The van der Waals surface area contributed by atoms with Gasteiger partial charge in [-0.25, -0.2) is 23.7 Å². The van der Waals surface area contributed by atoms with Crippen molar-refractivity contribution >= 4 is 34.6 Å². The number of phosphoric ester groups is 1. The number of aliphatic hydroxyl groups is 2. The number of hydrogen-bond acceptors (Lipinski definition) is 12. The molecule has 0 bridgehead atoms. The number of fused-ring (bicyclic) bond motifs is 1. The van der Waals surface area contributed by atoms with E-state index >= 15 is 0 Å². The lowest BCUT2D eigenvalue weighted by atomic mass is 10.1. The minimum absolute atomic E-state index is 0.00599. The Morgan fingerprint density at radius 3 is 2.39 bits per heavy atom. The van der Waals surface area contributed by atoms with Crippen LogP contribution in [0.25, 0.3) is 11.2 Å². The van der Waals surface area contributed by atoms with Gasteiger partial charge in [0.15, 0.2) is 17.4 Å². The Morgan fingerprint density at radius 2 is 1.74 bits per heavy atom. The average molecular weight is 508 g/mol. The first-order valence-corrected chi connectivity index (χ1v) is 12.4. The number of hydrogen-bond donors (Lipinski definition) is 7. The Bertz CT molecular complexity index is 1160. The molecule has 3 heterocycles. The molecule has 0 spiro atoms. The van der Waals surface area contributed by atoms with Gasteiger partial charge in [0.25, 0.3) is 5.56 Å². The molecular formula is C10H15N4O14P3. The van der Waals surface area contributed by atoms with Crippen LogP contribution in [-0.2, 0) is 31.6 Å². The Balaban J connectivity index is 1.70. The lowest BCUT2D eigenvalue weighted by Gasteiger charge is -2.19. The van der Waals surface area contributed by atoms with E-state index in [4.69, 9.17) is 19.4 Å². The van der Waals surface area contributed by atoms with Crippen LogP contribution < -0.4 is 5.56 Å². The quantitative estimate of drug-likeness (QED) is 0.191. The molecule has 2 aromatic rings. The zero-order valence-electron chi connectivity index (χ0n) is 14.8. The van der Waals surface area contributed by atoms with Gasteiger partial charge in [0.1, 0.15) is 18.3 Å². The second-order valence-corrected chi connectivity index (χ2v) is 10.4. The highest BCUT2D eigenvalue weighted by molar-refractivity contribution is 7.66. The molecule has 1 aliphatic heterocycles.